The Kier molecular flexibility index (Phi) is 9.27. The maximum absolute atomic E-state index is 13.5. The van der Waals surface area contributed by atoms with Crippen LogP contribution in [0.5, 0.6) is 11.5 Å². The lowest BCUT2D eigenvalue weighted by atomic mass is 9.94. The summed E-state index contributed by atoms with van der Waals surface area (Å²) in [4.78, 5) is 28.1. The molecule has 0 aromatic heterocycles. The van der Waals surface area contributed by atoms with E-state index in [1.807, 2.05) is 0 Å². The summed E-state index contributed by atoms with van der Waals surface area (Å²) in [6.45, 7) is 0.420. The number of nitrogens with zero attached hydrogens (tertiary/aromatic N) is 1. The van der Waals surface area contributed by atoms with E-state index in [4.69, 9.17) is 16.3 Å². The van der Waals surface area contributed by atoms with Crippen LogP contribution in [0, 0.1) is 0 Å². The number of carbonyl (C=O) groups is 2. The first-order valence-electron chi connectivity index (χ1n) is 11.7. The summed E-state index contributed by atoms with van der Waals surface area (Å²) in [7, 11) is 1.47. The number of hydrogen-bond acceptors (Lipinski definition) is 4. The van der Waals surface area contributed by atoms with Crippen LogP contribution in [0.4, 0.5) is 0 Å². The molecule has 1 unspecified atom stereocenters. The number of halogens is 1. The number of alkyl halides is 1. The fourth-order valence-electron chi connectivity index (χ4n) is 4.73. The van der Waals surface area contributed by atoms with Crippen molar-refractivity contribution >= 4 is 23.4 Å². The number of nitrogens with one attached hydrogen (secondary N) is 1. The van der Waals surface area contributed by atoms with Gasteiger partial charge in [0.25, 0.3) is 0 Å². The highest BCUT2D eigenvalue weighted by atomic mass is 35.5. The third-order valence-electron chi connectivity index (χ3n) is 6.52. The van der Waals surface area contributed by atoms with E-state index in [9.17, 15) is 14.7 Å². The number of phenolic OH excluding ortho intramolecular Hbond substituents is 1. The molecular formula is C25H35ClN2O4. The summed E-state index contributed by atoms with van der Waals surface area (Å²) in [5, 5.41) is 13.2. The molecule has 0 bridgehead atoms. The van der Waals surface area contributed by atoms with Gasteiger partial charge in [-0.15, -0.1) is 11.6 Å². The molecule has 0 heterocycles. The van der Waals surface area contributed by atoms with Crippen molar-refractivity contribution in [2.45, 2.75) is 76.3 Å². The first kappa shape index (κ1) is 24.4. The van der Waals surface area contributed by atoms with E-state index in [2.05, 4.69) is 11.4 Å². The van der Waals surface area contributed by atoms with Crippen molar-refractivity contribution in [3.05, 3.63) is 35.4 Å². The molecule has 0 saturated heterocycles. The van der Waals surface area contributed by atoms with E-state index >= 15 is 0 Å². The Morgan fingerprint density at radius 3 is 2.66 bits per heavy atom. The average Bonchev–Trinajstić information content (AvgIpc) is 2.83. The Balaban J connectivity index is 1.89. The molecule has 2 aliphatic rings. The summed E-state index contributed by atoms with van der Waals surface area (Å²) in [6, 6.07) is 4.10. The first-order valence-corrected chi connectivity index (χ1v) is 12.3. The van der Waals surface area contributed by atoms with Gasteiger partial charge in [0.15, 0.2) is 11.5 Å². The van der Waals surface area contributed by atoms with Gasteiger partial charge in [-0.3, -0.25) is 9.59 Å². The van der Waals surface area contributed by atoms with Crippen molar-refractivity contribution in [3.63, 3.8) is 0 Å². The zero-order valence-electron chi connectivity index (χ0n) is 18.9. The molecule has 3 rings (SSSR count). The van der Waals surface area contributed by atoms with Crippen LogP contribution in [-0.4, -0.2) is 47.4 Å². The fraction of sp³-hybridized carbons (Fsp3) is 0.600. The van der Waals surface area contributed by atoms with Gasteiger partial charge in [0.2, 0.25) is 11.8 Å². The lowest BCUT2D eigenvalue weighted by Crippen LogP contribution is -2.47. The number of ether oxygens (including phenoxy) is 1. The smallest absolute Gasteiger partial charge is 0.247 e. The van der Waals surface area contributed by atoms with Crippen LogP contribution in [0.3, 0.4) is 0 Å². The van der Waals surface area contributed by atoms with Gasteiger partial charge in [0, 0.05) is 12.6 Å². The molecule has 2 N–H and O–H groups in total. The second-order valence-electron chi connectivity index (χ2n) is 8.76. The molecule has 1 fully saturated rings. The fourth-order valence-corrected chi connectivity index (χ4v) is 4.89. The van der Waals surface area contributed by atoms with Crippen LogP contribution in [0.15, 0.2) is 29.8 Å². The molecule has 6 nitrogen and oxygen atoms in total. The van der Waals surface area contributed by atoms with Crippen LogP contribution in [0.25, 0.3) is 0 Å². The zero-order chi connectivity index (χ0) is 22.9. The van der Waals surface area contributed by atoms with Crippen molar-refractivity contribution in [2.24, 2.45) is 0 Å². The van der Waals surface area contributed by atoms with Crippen LogP contribution >= 0.6 is 11.6 Å². The number of carbonyl (C=O) groups excluding carboxylic acids is 2. The van der Waals surface area contributed by atoms with E-state index in [1.54, 1.807) is 17.0 Å². The Morgan fingerprint density at radius 2 is 2.00 bits per heavy atom. The van der Waals surface area contributed by atoms with Crippen molar-refractivity contribution in [2.75, 3.05) is 19.5 Å². The van der Waals surface area contributed by atoms with Gasteiger partial charge in [-0.25, -0.2) is 0 Å². The summed E-state index contributed by atoms with van der Waals surface area (Å²) in [6.07, 6.45) is 12.7. The van der Waals surface area contributed by atoms with Gasteiger partial charge >= 0.3 is 0 Å². The second-order valence-corrected chi connectivity index (χ2v) is 9.02. The highest BCUT2D eigenvalue weighted by Crippen LogP contribution is 2.33. The van der Waals surface area contributed by atoms with Crippen molar-refractivity contribution in [3.8, 4) is 11.5 Å². The number of benzene rings is 1. The number of rotatable bonds is 9. The van der Waals surface area contributed by atoms with Crippen LogP contribution in [0.2, 0.25) is 0 Å². The zero-order valence-corrected chi connectivity index (χ0v) is 19.7. The van der Waals surface area contributed by atoms with Crippen LogP contribution in [0.1, 0.15) is 75.8 Å². The predicted octanol–water partition coefficient (Wildman–Crippen LogP) is 4.85. The van der Waals surface area contributed by atoms with Crippen molar-refractivity contribution in [1.29, 1.82) is 0 Å². The molecule has 0 radical (unpaired) electrons. The van der Waals surface area contributed by atoms with Gasteiger partial charge in [0.05, 0.1) is 7.11 Å². The number of aromatic hydroxyl groups is 1. The minimum absolute atomic E-state index is 0.00901. The first-order chi connectivity index (χ1) is 15.5. The molecule has 1 atom stereocenters. The normalized spacial score (nSPS) is 17.9. The second kappa shape index (κ2) is 12.1. The lowest BCUT2D eigenvalue weighted by molar-refractivity contribution is -0.139. The molecule has 2 amide bonds. The SMILES string of the molecule is COc1cc(C(C(=O)NC2CCCCC2)N(CCC2=CCCCC2)C(=O)CCl)ccc1O. The Hall–Kier alpha value is -2.21. The van der Waals surface area contributed by atoms with Gasteiger partial charge in [-0.1, -0.05) is 37.0 Å². The molecule has 32 heavy (non-hydrogen) atoms. The minimum Gasteiger partial charge on any atom is -0.504 e. The maximum Gasteiger partial charge on any atom is 0.247 e. The standard InChI is InChI=1S/C25H35ClN2O4/c1-32-22-16-19(12-13-21(22)29)24(25(31)27-20-10-6-3-7-11-20)28(23(30)17-26)15-14-18-8-4-2-5-9-18/h8,12-13,16,20,24,29H,2-7,9-11,14-15,17H2,1H3,(H,27,31). The number of allylic oxidation sites excluding steroid dienone is 1. The summed E-state index contributed by atoms with van der Waals surface area (Å²) in [5.74, 6) is -0.419. The van der Waals surface area contributed by atoms with E-state index < -0.39 is 6.04 Å². The minimum atomic E-state index is -0.832. The Bertz CT molecular complexity index is 820. The third kappa shape index (κ3) is 6.41. The number of amides is 2. The number of phenols is 1. The molecular weight excluding hydrogens is 428 g/mol. The number of methoxy groups -OCH3 is 1. The maximum atomic E-state index is 13.5. The number of hydrogen-bond donors (Lipinski definition) is 2. The monoisotopic (exact) mass is 462 g/mol. The van der Waals surface area contributed by atoms with Gasteiger partial charge in [-0.2, -0.15) is 0 Å². The lowest BCUT2D eigenvalue weighted by Gasteiger charge is -2.33. The molecule has 7 heteroatoms. The van der Waals surface area contributed by atoms with Gasteiger partial charge < -0.3 is 20.1 Å². The molecule has 176 valence electrons. The molecule has 1 saturated carbocycles. The van der Waals surface area contributed by atoms with Gasteiger partial charge in [0.1, 0.15) is 11.9 Å². The van der Waals surface area contributed by atoms with Crippen LogP contribution in [-0.2, 0) is 9.59 Å². The van der Waals surface area contributed by atoms with E-state index in [-0.39, 0.29) is 35.2 Å². The van der Waals surface area contributed by atoms with Crippen molar-refractivity contribution in [1.82, 2.24) is 10.2 Å². The molecule has 2 aliphatic carbocycles. The molecule has 1 aromatic rings. The third-order valence-corrected chi connectivity index (χ3v) is 6.75. The van der Waals surface area contributed by atoms with Crippen LogP contribution < -0.4 is 10.1 Å². The molecule has 0 aliphatic heterocycles. The average molecular weight is 463 g/mol. The summed E-state index contributed by atoms with van der Waals surface area (Å²) in [5.41, 5.74) is 1.93. The predicted molar refractivity (Wildman–Crippen MR) is 126 cm³/mol. The summed E-state index contributed by atoms with van der Waals surface area (Å²) >= 11 is 5.98. The topological polar surface area (TPSA) is 78.9 Å². The highest BCUT2D eigenvalue weighted by Gasteiger charge is 2.33. The Labute approximate surface area is 196 Å². The summed E-state index contributed by atoms with van der Waals surface area (Å²) < 4.78 is 5.27. The van der Waals surface area contributed by atoms with Gasteiger partial charge in [-0.05, 0) is 62.6 Å². The van der Waals surface area contributed by atoms with E-state index in [1.165, 1.54) is 31.6 Å². The largest absolute Gasteiger partial charge is 0.504 e. The molecule has 0 spiro atoms. The highest BCUT2D eigenvalue weighted by molar-refractivity contribution is 6.27. The van der Waals surface area contributed by atoms with Crippen molar-refractivity contribution < 1.29 is 19.4 Å². The quantitative estimate of drug-likeness (QED) is 0.406. The Morgan fingerprint density at radius 1 is 1.22 bits per heavy atom. The van der Waals surface area contributed by atoms with E-state index in [0.29, 0.717) is 12.1 Å². The van der Waals surface area contributed by atoms with E-state index in [0.717, 1.165) is 51.4 Å². The molecule has 1 aromatic carbocycles.